The minimum Gasteiger partial charge on any atom is -0.349 e. The molecule has 1 atom stereocenters. The Balaban J connectivity index is 0.00000441. The predicted molar refractivity (Wildman–Crippen MR) is 82.8 cm³/mol. The van der Waals surface area contributed by atoms with Crippen LogP contribution in [-0.2, 0) is 17.4 Å². The van der Waals surface area contributed by atoms with Crippen LogP contribution in [0.15, 0.2) is 24.3 Å². The van der Waals surface area contributed by atoms with Crippen LogP contribution in [0.4, 0.5) is 13.2 Å². The summed E-state index contributed by atoms with van der Waals surface area (Å²) in [5, 5.41) is 2.80. The molecular formula is C15H22ClF3N2O. The van der Waals surface area contributed by atoms with Crippen molar-refractivity contribution in [1.82, 2.24) is 5.32 Å². The summed E-state index contributed by atoms with van der Waals surface area (Å²) in [7, 11) is 0. The Morgan fingerprint density at radius 2 is 1.91 bits per heavy atom. The zero-order valence-electron chi connectivity index (χ0n) is 12.8. The number of nitrogens with one attached hydrogen (secondary N) is 1. The number of halogens is 4. The van der Waals surface area contributed by atoms with Crippen LogP contribution in [0, 0.1) is 5.92 Å². The molecule has 0 aliphatic heterocycles. The van der Waals surface area contributed by atoms with Crippen molar-refractivity contribution >= 4 is 18.3 Å². The number of alkyl halides is 3. The number of amides is 1. The average Bonchev–Trinajstić information content (AvgIpc) is 2.37. The minimum absolute atomic E-state index is 0. The number of carbonyl (C=O) groups excluding carboxylic acids is 1. The van der Waals surface area contributed by atoms with Crippen LogP contribution in [0.2, 0.25) is 0 Å². The van der Waals surface area contributed by atoms with Crippen molar-refractivity contribution in [2.24, 2.45) is 11.7 Å². The first-order valence-corrected chi connectivity index (χ1v) is 6.75. The van der Waals surface area contributed by atoms with Crippen molar-refractivity contribution in [1.29, 1.82) is 0 Å². The zero-order chi connectivity index (χ0) is 16.3. The van der Waals surface area contributed by atoms with Crippen molar-refractivity contribution in [2.45, 2.75) is 38.9 Å². The molecule has 1 aromatic carbocycles. The first-order valence-electron chi connectivity index (χ1n) is 6.75. The highest BCUT2D eigenvalue weighted by molar-refractivity contribution is 5.85. The molecule has 0 saturated heterocycles. The lowest BCUT2D eigenvalue weighted by atomic mass is 9.88. The molecule has 3 N–H and O–H groups in total. The number of benzene rings is 1. The second-order valence-electron chi connectivity index (χ2n) is 5.70. The van der Waals surface area contributed by atoms with E-state index in [0.717, 1.165) is 12.1 Å². The molecular weight excluding hydrogens is 317 g/mol. The summed E-state index contributed by atoms with van der Waals surface area (Å²) in [6.45, 7) is 5.94. The molecule has 7 heteroatoms. The van der Waals surface area contributed by atoms with Gasteiger partial charge in [-0.3, -0.25) is 4.79 Å². The van der Waals surface area contributed by atoms with Gasteiger partial charge in [-0.2, -0.15) is 13.2 Å². The second-order valence-corrected chi connectivity index (χ2v) is 5.70. The maximum atomic E-state index is 12.6. The number of nitrogens with two attached hydrogens (primary N) is 1. The quantitative estimate of drug-likeness (QED) is 0.866. The molecule has 1 rings (SSSR count). The number of hydrogen-bond acceptors (Lipinski definition) is 2. The van der Waals surface area contributed by atoms with E-state index in [0.29, 0.717) is 5.56 Å². The highest BCUT2D eigenvalue weighted by Crippen LogP contribution is 2.29. The van der Waals surface area contributed by atoms with Gasteiger partial charge in [-0.05, 0) is 24.5 Å². The van der Waals surface area contributed by atoms with E-state index in [1.807, 2.05) is 20.8 Å². The molecule has 0 aliphatic rings. The van der Waals surface area contributed by atoms with Crippen molar-refractivity contribution in [3.8, 4) is 0 Å². The molecule has 1 amide bonds. The lowest BCUT2D eigenvalue weighted by Crippen LogP contribution is -2.55. The molecule has 0 spiro atoms. The summed E-state index contributed by atoms with van der Waals surface area (Å²) in [6, 6.07) is 4.79. The molecule has 0 aromatic heterocycles. The predicted octanol–water partition coefficient (Wildman–Crippen LogP) is 3.16. The first-order chi connectivity index (χ1) is 9.58. The summed E-state index contributed by atoms with van der Waals surface area (Å²) < 4.78 is 37.9. The van der Waals surface area contributed by atoms with Gasteiger partial charge in [-0.25, -0.2) is 0 Å². The molecule has 0 aliphatic carbocycles. The Bertz CT molecular complexity index is 506. The molecule has 0 radical (unpaired) electrons. The molecule has 3 nitrogen and oxygen atoms in total. The maximum Gasteiger partial charge on any atom is 0.416 e. The van der Waals surface area contributed by atoms with Gasteiger partial charge < -0.3 is 11.1 Å². The molecule has 1 aromatic rings. The van der Waals surface area contributed by atoms with Gasteiger partial charge in [0.05, 0.1) is 17.5 Å². The monoisotopic (exact) mass is 338 g/mol. The molecule has 1 unspecified atom stereocenters. The summed E-state index contributed by atoms with van der Waals surface area (Å²) in [5.41, 5.74) is 4.67. The van der Waals surface area contributed by atoms with E-state index in [1.165, 1.54) is 12.1 Å². The Morgan fingerprint density at radius 3 is 2.36 bits per heavy atom. The van der Waals surface area contributed by atoms with E-state index < -0.39 is 17.3 Å². The summed E-state index contributed by atoms with van der Waals surface area (Å²) in [6.07, 6.45) is -4.51. The summed E-state index contributed by atoms with van der Waals surface area (Å²) >= 11 is 0. The van der Waals surface area contributed by atoms with Crippen molar-refractivity contribution in [3.05, 3.63) is 35.4 Å². The van der Waals surface area contributed by atoms with Crippen molar-refractivity contribution in [2.75, 3.05) is 6.54 Å². The Labute approximate surface area is 134 Å². The normalized spacial score (nSPS) is 14.2. The van der Waals surface area contributed by atoms with Gasteiger partial charge in [-0.15, -0.1) is 12.4 Å². The standard InChI is InChI=1S/C15H21F3N2O.ClH/c1-10(2)14(3,9-19)20-13(21)8-11-5-4-6-12(7-11)15(16,17)18;/h4-7,10H,8-9,19H2,1-3H3,(H,20,21);1H. The van der Waals surface area contributed by atoms with Crippen molar-refractivity contribution < 1.29 is 18.0 Å². The SMILES string of the molecule is CC(C)C(C)(CN)NC(=O)Cc1cccc(C(F)(F)F)c1.Cl. The van der Waals surface area contributed by atoms with Crippen LogP contribution >= 0.6 is 12.4 Å². The third kappa shape index (κ3) is 5.50. The lowest BCUT2D eigenvalue weighted by Gasteiger charge is -2.33. The first kappa shape index (κ1) is 20.7. The third-order valence-electron chi connectivity index (χ3n) is 3.74. The molecule has 126 valence electrons. The number of carbonyl (C=O) groups is 1. The molecule has 0 heterocycles. The van der Waals surface area contributed by atoms with E-state index >= 15 is 0 Å². The smallest absolute Gasteiger partial charge is 0.349 e. The van der Waals surface area contributed by atoms with Crippen LogP contribution in [0.25, 0.3) is 0 Å². The number of hydrogen-bond donors (Lipinski definition) is 2. The van der Waals surface area contributed by atoms with Crippen LogP contribution in [0.5, 0.6) is 0 Å². The van der Waals surface area contributed by atoms with E-state index in [9.17, 15) is 18.0 Å². The van der Waals surface area contributed by atoms with Gasteiger partial charge in [0.2, 0.25) is 5.91 Å². The Morgan fingerprint density at radius 1 is 1.32 bits per heavy atom. The van der Waals surface area contributed by atoms with Gasteiger partial charge in [0, 0.05) is 6.54 Å². The highest BCUT2D eigenvalue weighted by atomic mass is 35.5. The summed E-state index contributed by atoms with van der Waals surface area (Å²) in [5.74, 6) is -0.219. The maximum absolute atomic E-state index is 12.6. The van der Waals surface area contributed by atoms with Gasteiger partial charge in [0.15, 0.2) is 0 Å². The second kappa shape index (κ2) is 7.83. The van der Waals surface area contributed by atoms with Crippen LogP contribution in [0.3, 0.4) is 0 Å². The average molecular weight is 339 g/mol. The van der Waals surface area contributed by atoms with Crippen LogP contribution < -0.4 is 11.1 Å². The van der Waals surface area contributed by atoms with E-state index in [-0.39, 0.29) is 37.2 Å². The Hall–Kier alpha value is -1.27. The van der Waals surface area contributed by atoms with Gasteiger partial charge in [0.25, 0.3) is 0 Å². The molecule has 0 bridgehead atoms. The van der Waals surface area contributed by atoms with E-state index in [4.69, 9.17) is 5.73 Å². The molecule has 0 saturated carbocycles. The minimum atomic E-state index is -4.41. The third-order valence-corrected chi connectivity index (χ3v) is 3.74. The molecule has 22 heavy (non-hydrogen) atoms. The lowest BCUT2D eigenvalue weighted by molar-refractivity contribution is -0.137. The van der Waals surface area contributed by atoms with Gasteiger partial charge in [-0.1, -0.05) is 32.0 Å². The molecule has 0 fully saturated rings. The largest absolute Gasteiger partial charge is 0.416 e. The van der Waals surface area contributed by atoms with Gasteiger partial charge >= 0.3 is 6.18 Å². The van der Waals surface area contributed by atoms with E-state index in [1.54, 1.807) is 0 Å². The topological polar surface area (TPSA) is 55.1 Å². The zero-order valence-corrected chi connectivity index (χ0v) is 13.6. The fourth-order valence-electron chi connectivity index (χ4n) is 1.84. The van der Waals surface area contributed by atoms with Crippen LogP contribution in [-0.4, -0.2) is 18.0 Å². The van der Waals surface area contributed by atoms with Crippen LogP contribution in [0.1, 0.15) is 31.9 Å². The fourth-order valence-corrected chi connectivity index (χ4v) is 1.84. The van der Waals surface area contributed by atoms with Gasteiger partial charge in [0.1, 0.15) is 0 Å². The van der Waals surface area contributed by atoms with E-state index in [2.05, 4.69) is 5.32 Å². The van der Waals surface area contributed by atoms with Crippen molar-refractivity contribution in [3.63, 3.8) is 0 Å². The number of rotatable bonds is 5. The highest BCUT2D eigenvalue weighted by Gasteiger charge is 2.31. The summed E-state index contributed by atoms with van der Waals surface area (Å²) in [4.78, 5) is 12.0. The fraction of sp³-hybridized carbons (Fsp3) is 0.533. The Kier molecular flexibility index (Phi) is 7.38.